The van der Waals surface area contributed by atoms with Gasteiger partial charge in [0.05, 0.1) is 11.6 Å². The molecule has 1 aromatic carbocycles. The lowest BCUT2D eigenvalue weighted by Crippen LogP contribution is -2.44. The Hall–Kier alpha value is -1.26. The van der Waals surface area contributed by atoms with Crippen molar-refractivity contribution in [2.75, 3.05) is 13.2 Å². The maximum Gasteiger partial charge on any atom is 0.260 e. The van der Waals surface area contributed by atoms with E-state index in [-0.39, 0.29) is 17.9 Å². The van der Waals surface area contributed by atoms with E-state index in [1.807, 2.05) is 13.8 Å². The SMILES string of the molecule is CCC(CC)(CO)CNC(=O)C(C)Oc1ccccc1Cl. The quantitative estimate of drug-likeness (QED) is 0.775. The van der Waals surface area contributed by atoms with Crippen molar-refractivity contribution in [3.8, 4) is 5.75 Å². The van der Waals surface area contributed by atoms with E-state index in [1.165, 1.54) is 0 Å². The average molecular weight is 314 g/mol. The molecule has 21 heavy (non-hydrogen) atoms. The number of aliphatic hydroxyl groups excluding tert-OH is 1. The van der Waals surface area contributed by atoms with Crippen molar-refractivity contribution in [3.05, 3.63) is 29.3 Å². The molecule has 1 atom stereocenters. The molecule has 0 spiro atoms. The number of rotatable bonds is 8. The fraction of sp³-hybridized carbons (Fsp3) is 0.562. The van der Waals surface area contributed by atoms with E-state index in [1.54, 1.807) is 31.2 Å². The number of hydrogen-bond acceptors (Lipinski definition) is 3. The summed E-state index contributed by atoms with van der Waals surface area (Å²) >= 11 is 6.00. The third-order valence-electron chi connectivity index (χ3n) is 3.98. The molecule has 0 aliphatic heterocycles. The van der Waals surface area contributed by atoms with E-state index in [0.717, 1.165) is 12.8 Å². The number of amides is 1. The zero-order chi connectivity index (χ0) is 15.9. The Bertz CT molecular complexity index is 452. The number of ether oxygens (including phenoxy) is 1. The molecule has 4 nitrogen and oxygen atoms in total. The minimum atomic E-state index is -0.644. The van der Waals surface area contributed by atoms with Gasteiger partial charge in [0.25, 0.3) is 5.91 Å². The van der Waals surface area contributed by atoms with E-state index in [0.29, 0.717) is 17.3 Å². The number of para-hydroxylation sites is 1. The minimum Gasteiger partial charge on any atom is -0.479 e. The number of benzene rings is 1. The summed E-state index contributed by atoms with van der Waals surface area (Å²) in [5.74, 6) is 0.274. The van der Waals surface area contributed by atoms with Crippen molar-refractivity contribution in [1.29, 1.82) is 0 Å². The molecule has 0 saturated carbocycles. The Morgan fingerprint density at radius 3 is 2.52 bits per heavy atom. The summed E-state index contributed by atoms with van der Waals surface area (Å²) in [6, 6.07) is 7.05. The van der Waals surface area contributed by atoms with Crippen molar-refractivity contribution in [1.82, 2.24) is 5.32 Å². The molecule has 0 saturated heterocycles. The van der Waals surface area contributed by atoms with Crippen LogP contribution in [0.4, 0.5) is 0 Å². The molecular formula is C16H24ClNO3. The van der Waals surface area contributed by atoms with Gasteiger partial charge in [-0.3, -0.25) is 4.79 Å². The van der Waals surface area contributed by atoms with Gasteiger partial charge < -0.3 is 15.2 Å². The van der Waals surface area contributed by atoms with E-state index < -0.39 is 6.10 Å². The van der Waals surface area contributed by atoms with Crippen molar-refractivity contribution < 1.29 is 14.6 Å². The molecule has 0 fully saturated rings. The van der Waals surface area contributed by atoms with Crippen LogP contribution >= 0.6 is 11.6 Å². The minimum absolute atomic E-state index is 0.0556. The van der Waals surface area contributed by atoms with Crippen LogP contribution in [0.2, 0.25) is 5.02 Å². The molecule has 5 heteroatoms. The lowest BCUT2D eigenvalue weighted by atomic mass is 9.83. The van der Waals surface area contributed by atoms with Gasteiger partial charge in [0.15, 0.2) is 6.10 Å². The van der Waals surface area contributed by atoms with E-state index in [2.05, 4.69) is 5.32 Å². The maximum absolute atomic E-state index is 12.1. The van der Waals surface area contributed by atoms with Crippen LogP contribution in [0, 0.1) is 5.41 Å². The van der Waals surface area contributed by atoms with Gasteiger partial charge in [-0.2, -0.15) is 0 Å². The van der Waals surface area contributed by atoms with Crippen LogP contribution < -0.4 is 10.1 Å². The number of carbonyl (C=O) groups excluding carboxylic acids is 1. The molecule has 1 unspecified atom stereocenters. The van der Waals surface area contributed by atoms with Crippen LogP contribution in [-0.4, -0.2) is 30.3 Å². The summed E-state index contributed by atoms with van der Waals surface area (Å²) in [4.78, 5) is 12.1. The highest BCUT2D eigenvalue weighted by atomic mass is 35.5. The summed E-state index contributed by atoms with van der Waals surface area (Å²) in [6.45, 7) is 6.19. The molecule has 0 heterocycles. The highest BCUT2D eigenvalue weighted by Crippen LogP contribution is 2.25. The highest BCUT2D eigenvalue weighted by Gasteiger charge is 2.27. The fourth-order valence-corrected chi connectivity index (χ4v) is 2.16. The number of halogens is 1. The van der Waals surface area contributed by atoms with Crippen molar-refractivity contribution in [2.45, 2.75) is 39.7 Å². The van der Waals surface area contributed by atoms with Crippen LogP contribution in [0.25, 0.3) is 0 Å². The Morgan fingerprint density at radius 1 is 1.38 bits per heavy atom. The van der Waals surface area contributed by atoms with Gasteiger partial charge in [0.1, 0.15) is 5.75 Å². The molecule has 0 aliphatic carbocycles. The Labute approximate surface area is 131 Å². The second-order valence-electron chi connectivity index (χ2n) is 5.27. The molecule has 0 aliphatic rings. The van der Waals surface area contributed by atoms with Crippen LogP contribution in [0.3, 0.4) is 0 Å². The molecule has 0 bridgehead atoms. The predicted molar refractivity (Wildman–Crippen MR) is 84.7 cm³/mol. The predicted octanol–water partition coefficient (Wildman–Crippen LogP) is 3.02. The smallest absolute Gasteiger partial charge is 0.260 e. The summed E-state index contributed by atoms with van der Waals surface area (Å²) in [5, 5.41) is 12.8. The second kappa shape index (κ2) is 8.25. The molecule has 2 N–H and O–H groups in total. The van der Waals surface area contributed by atoms with Gasteiger partial charge in [-0.05, 0) is 31.9 Å². The third-order valence-corrected chi connectivity index (χ3v) is 4.29. The van der Waals surface area contributed by atoms with E-state index >= 15 is 0 Å². The van der Waals surface area contributed by atoms with Gasteiger partial charge in [-0.15, -0.1) is 0 Å². The van der Waals surface area contributed by atoms with Gasteiger partial charge in [0.2, 0.25) is 0 Å². The number of hydrogen-bond donors (Lipinski definition) is 2. The largest absolute Gasteiger partial charge is 0.479 e. The monoisotopic (exact) mass is 313 g/mol. The molecular weight excluding hydrogens is 290 g/mol. The van der Waals surface area contributed by atoms with Crippen LogP contribution in [0.5, 0.6) is 5.75 Å². The molecule has 0 aromatic heterocycles. The number of carbonyl (C=O) groups is 1. The van der Waals surface area contributed by atoms with Crippen molar-refractivity contribution in [2.24, 2.45) is 5.41 Å². The maximum atomic E-state index is 12.1. The molecule has 1 rings (SSSR count). The Kier molecular flexibility index (Phi) is 6.99. The highest BCUT2D eigenvalue weighted by molar-refractivity contribution is 6.32. The summed E-state index contributed by atoms with van der Waals surface area (Å²) < 4.78 is 5.57. The molecule has 118 valence electrons. The molecule has 0 radical (unpaired) electrons. The standard InChI is InChI=1S/C16H24ClNO3/c1-4-16(5-2,11-19)10-18-15(20)12(3)21-14-9-7-6-8-13(14)17/h6-9,12,19H,4-5,10-11H2,1-3H3,(H,18,20). The zero-order valence-electron chi connectivity index (χ0n) is 12.9. The van der Waals surface area contributed by atoms with Crippen molar-refractivity contribution >= 4 is 17.5 Å². The van der Waals surface area contributed by atoms with Gasteiger partial charge in [-0.25, -0.2) is 0 Å². The summed E-state index contributed by atoms with van der Waals surface area (Å²) in [7, 11) is 0. The van der Waals surface area contributed by atoms with Gasteiger partial charge in [0, 0.05) is 12.0 Å². The third kappa shape index (κ3) is 4.90. The fourth-order valence-electron chi connectivity index (χ4n) is 1.98. The van der Waals surface area contributed by atoms with E-state index in [9.17, 15) is 9.90 Å². The first kappa shape index (κ1) is 17.8. The summed E-state index contributed by atoms with van der Waals surface area (Å²) in [6.07, 6.45) is 0.968. The van der Waals surface area contributed by atoms with E-state index in [4.69, 9.17) is 16.3 Å². The van der Waals surface area contributed by atoms with Crippen LogP contribution in [0.1, 0.15) is 33.6 Å². The average Bonchev–Trinajstić information content (AvgIpc) is 2.51. The van der Waals surface area contributed by atoms with Crippen LogP contribution in [-0.2, 0) is 4.79 Å². The van der Waals surface area contributed by atoms with Gasteiger partial charge in [-0.1, -0.05) is 37.6 Å². The normalized spacial score (nSPS) is 12.8. The second-order valence-corrected chi connectivity index (χ2v) is 5.68. The van der Waals surface area contributed by atoms with Crippen LogP contribution in [0.15, 0.2) is 24.3 Å². The molecule has 1 amide bonds. The lowest BCUT2D eigenvalue weighted by molar-refractivity contribution is -0.128. The number of nitrogens with one attached hydrogen (secondary N) is 1. The molecule has 1 aromatic rings. The number of aliphatic hydroxyl groups is 1. The first-order valence-electron chi connectivity index (χ1n) is 7.27. The van der Waals surface area contributed by atoms with Gasteiger partial charge >= 0.3 is 0 Å². The lowest BCUT2D eigenvalue weighted by Gasteiger charge is -2.30. The first-order chi connectivity index (χ1) is 9.98. The zero-order valence-corrected chi connectivity index (χ0v) is 13.6. The Balaban J connectivity index is 2.57. The topological polar surface area (TPSA) is 58.6 Å². The van der Waals surface area contributed by atoms with Crippen molar-refractivity contribution in [3.63, 3.8) is 0 Å². The Morgan fingerprint density at radius 2 is 2.00 bits per heavy atom. The summed E-state index contributed by atoms with van der Waals surface area (Å²) in [5.41, 5.74) is -0.264. The first-order valence-corrected chi connectivity index (χ1v) is 7.65.